The minimum Gasteiger partial charge on any atom is -0.467 e. The van der Waals surface area contributed by atoms with Gasteiger partial charge in [-0.25, -0.2) is 0 Å². The molecule has 5 rings (SSSR count). The number of thiophene rings is 1. The van der Waals surface area contributed by atoms with Crippen LogP contribution in [0.15, 0.2) is 75.8 Å². The molecule has 164 valence electrons. The van der Waals surface area contributed by atoms with Crippen molar-refractivity contribution in [1.29, 1.82) is 0 Å². The fourth-order valence-corrected chi connectivity index (χ4v) is 5.33. The third-order valence-electron chi connectivity index (χ3n) is 5.41. The third-order valence-corrected chi connectivity index (χ3v) is 7.31. The maximum absolute atomic E-state index is 12.8. The van der Waals surface area contributed by atoms with Crippen molar-refractivity contribution in [3.8, 4) is 0 Å². The highest BCUT2D eigenvalue weighted by molar-refractivity contribution is 7.99. The van der Waals surface area contributed by atoms with Crippen LogP contribution in [0.3, 0.4) is 0 Å². The summed E-state index contributed by atoms with van der Waals surface area (Å²) in [7, 11) is 0. The molecule has 1 aliphatic carbocycles. The lowest BCUT2D eigenvalue weighted by atomic mass is 10.1. The summed E-state index contributed by atoms with van der Waals surface area (Å²) < 4.78 is 7.67. The zero-order valence-corrected chi connectivity index (χ0v) is 19.1. The van der Waals surface area contributed by atoms with Crippen molar-refractivity contribution in [3.63, 3.8) is 0 Å². The minimum absolute atomic E-state index is 0.0271. The quantitative estimate of drug-likeness (QED) is 0.325. The Hall–Kier alpha value is -2.84. The van der Waals surface area contributed by atoms with Crippen LogP contribution >= 0.6 is 23.1 Å². The highest BCUT2D eigenvalue weighted by Crippen LogP contribution is 2.40. The molecule has 1 atom stereocenters. The molecule has 1 fully saturated rings. The number of nitrogens with one attached hydrogen (secondary N) is 1. The van der Waals surface area contributed by atoms with Crippen molar-refractivity contribution in [2.45, 2.75) is 42.9 Å². The molecule has 1 aromatic carbocycles. The highest BCUT2D eigenvalue weighted by atomic mass is 32.2. The van der Waals surface area contributed by atoms with Crippen LogP contribution in [0.25, 0.3) is 0 Å². The average molecular weight is 465 g/mol. The first-order valence-electron chi connectivity index (χ1n) is 10.7. The van der Waals surface area contributed by atoms with Crippen molar-refractivity contribution < 1.29 is 9.21 Å². The van der Waals surface area contributed by atoms with Gasteiger partial charge >= 0.3 is 0 Å². The fraction of sp³-hybridized carbons (Fsp3) is 0.292. The topological polar surface area (TPSA) is 73.0 Å². The number of hydrogen-bond acceptors (Lipinski definition) is 6. The maximum Gasteiger partial charge on any atom is 0.221 e. The van der Waals surface area contributed by atoms with Crippen molar-refractivity contribution >= 4 is 29.0 Å². The molecule has 0 saturated heterocycles. The summed E-state index contributed by atoms with van der Waals surface area (Å²) in [5.74, 6) is 3.06. The first-order chi connectivity index (χ1) is 15.8. The van der Waals surface area contributed by atoms with E-state index in [1.54, 1.807) is 29.4 Å². The van der Waals surface area contributed by atoms with Gasteiger partial charge in [-0.15, -0.1) is 21.5 Å². The third kappa shape index (κ3) is 4.97. The summed E-state index contributed by atoms with van der Waals surface area (Å²) in [6.45, 7) is 0.620. The zero-order chi connectivity index (χ0) is 21.8. The van der Waals surface area contributed by atoms with E-state index >= 15 is 0 Å². The number of hydrogen-bond donors (Lipinski definition) is 1. The van der Waals surface area contributed by atoms with Gasteiger partial charge < -0.3 is 9.73 Å². The van der Waals surface area contributed by atoms with Crippen LogP contribution in [0.1, 0.15) is 53.2 Å². The smallest absolute Gasteiger partial charge is 0.221 e. The van der Waals surface area contributed by atoms with E-state index < -0.39 is 0 Å². The van der Waals surface area contributed by atoms with Crippen molar-refractivity contribution in [1.82, 2.24) is 20.1 Å². The number of carbonyl (C=O) groups is 1. The van der Waals surface area contributed by atoms with Gasteiger partial charge in [0.2, 0.25) is 5.91 Å². The number of rotatable bonds is 10. The Kier molecular flexibility index (Phi) is 6.41. The molecule has 1 N–H and O–H groups in total. The Labute approximate surface area is 195 Å². The summed E-state index contributed by atoms with van der Waals surface area (Å²) in [6, 6.07) is 17.9. The second-order valence-electron chi connectivity index (χ2n) is 7.81. The molecule has 6 nitrogen and oxygen atoms in total. The number of nitrogens with zero attached hydrogens (tertiary/aromatic N) is 3. The van der Waals surface area contributed by atoms with Crippen molar-refractivity contribution in [2.24, 2.45) is 0 Å². The van der Waals surface area contributed by atoms with Gasteiger partial charge in [0.15, 0.2) is 5.16 Å². The molecule has 1 aliphatic rings. The van der Waals surface area contributed by atoms with E-state index in [0.717, 1.165) is 40.0 Å². The number of benzene rings is 1. The molecular weight excluding hydrogens is 440 g/mol. The minimum atomic E-state index is -0.127. The van der Waals surface area contributed by atoms with Gasteiger partial charge in [-0.3, -0.25) is 9.36 Å². The first kappa shape index (κ1) is 21.0. The van der Waals surface area contributed by atoms with E-state index in [-0.39, 0.29) is 11.9 Å². The molecule has 0 bridgehead atoms. The molecule has 4 aromatic rings. The normalized spacial score (nSPS) is 14.4. The van der Waals surface area contributed by atoms with Gasteiger partial charge in [-0.1, -0.05) is 48.2 Å². The van der Waals surface area contributed by atoms with Crippen LogP contribution in [0.4, 0.5) is 0 Å². The molecule has 0 spiro atoms. The average Bonchev–Trinajstić information content (AvgIpc) is 3.20. The molecule has 0 radical (unpaired) electrons. The lowest BCUT2D eigenvalue weighted by Gasteiger charge is -2.18. The second-order valence-corrected chi connectivity index (χ2v) is 9.85. The van der Waals surface area contributed by atoms with E-state index in [4.69, 9.17) is 4.42 Å². The fourth-order valence-electron chi connectivity index (χ4n) is 3.65. The summed E-state index contributed by atoms with van der Waals surface area (Å²) in [5, 5.41) is 14.9. The summed E-state index contributed by atoms with van der Waals surface area (Å²) in [6.07, 6.45) is 4.41. The molecule has 0 aliphatic heterocycles. The van der Waals surface area contributed by atoms with Gasteiger partial charge in [-0.05, 0) is 42.0 Å². The van der Waals surface area contributed by atoms with Gasteiger partial charge in [-0.2, -0.15) is 0 Å². The predicted molar refractivity (Wildman–Crippen MR) is 126 cm³/mol. The predicted octanol–water partition coefficient (Wildman–Crippen LogP) is 5.25. The zero-order valence-electron chi connectivity index (χ0n) is 17.5. The molecule has 1 unspecified atom stereocenters. The van der Waals surface area contributed by atoms with Crippen LogP contribution in [-0.2, 0) is 11.3 Å². The van der Waals surface area contributed by atoms with Crippen LogP contribution in [0.2, 0.25) is 0 Å². The summed E-state index contributed by atoms with van der Waals surface area (Å²) in [4.78, 5) is 13.9. The van der Waals surface area contributed by atoms with Crippen LogP contribution in [0, 0.1) is 0 Å². The molecule has 3 aromatic heterocycles. The van der Waals surface area contributed by atoms with E-state index in [9.17, 15) is 4.79 Å². The number of carbonyl (C=O) groups excluding carboxylic acids is 1. The molecule has 8 heteroatoms. The number of aromatic nitrogens is 3. The van der Waals surface area contributed by atoms with Gasteiger partial charge in [0.1, 0.15) is 11.6 Å². The van der Waals surface area contributed by atoms with Crippen molar-refractivity contribution in [3.05, 3.63) is 88.3 Å². The first-order valence-corrected chi connectivity index (χ1v) is 12.6. The lowest BCUT2D eigenvalue weighted by molar-refractivity contribution is -0.121. The Morgan fingerprint density at radius 2 is 2.03 bits per heavy atom. The Morgan fingerprint density at radius 3 is 2.75 bits per heavy atom. The standard InChI is InChI=1S/C24H24N4O2S2/c29-21(25-22(20-9-5-14-31-20)17-6-2-1-3-7-17)12-15-32-24-27-26-23(18-10-11-18)28(24)16-19-8-4-13-30-19/h1-9,13-14,18,22H,10-12,15-16H2,(H,25,29). The van der Waals surface area contributed by atoms with E-state index in [0.29, 0.717) is 24.6 Å². The molecular formula is C24H24N4O2S2. The van der Waals surface area contributed by atoms with E-state index in [1.165, 1.54) is 0 Å². The van der Waals surface area contributed by atoms with Crippen LogP contribution < -0.4 is 5.32 Å². The van der Waals surface area contributed by atoms with E-state index in [2.05, 4.69) is 38.3 Å². The number of amides is 1. The Morgan fingerprint density at radius 1 is 1.16 bits per heavy atom. The van der Waals surface area contributed by atoms with E-state index in [1.807, 2.05) is 41.8 Å². The summed E-state index contributed by atoms with van der Waals surface area (Å²) >= 11 is 3.23. The number of furan rings is 1. The monoisotopic (exact) mass is 464 g/mol. The SMILES string of the molecule is O=C(CCSc1nnc(C2CC2)n1Cc1ccco1)NC(c1ccccc1)c1cccs1. The van der Waals surface area contributed by atoms with Crippen LogP contribution in [-0.4, -0.2) is 26.4 Å². The van der Waals surface area contributed by atoms with Gasteiger partial charge in [0, 0.05) is 23.0 Å². The summed E-state index contributed by atoms with van der Waals surface area (Å²) in [5.41, 5.74) is 1.09. The lowest BCUT2D eigenvalue weighted by Crippen LogP contribution is -2.29. The highest BCUT2D eigenvalue weighted by Gasteiger charge is 2.30. The number of thioether (sulfide) groups is 1. The molecule has 1 amide bonds. The Bertz CT molecular complexity index is 1140. The Balaban J connectivity index is 1.22. The molecule has 32 heavy (non-hydrogen) atoms. The second kappa shape index (κ2) is 9.75. The molecule has 1 saturated carbocycles. The largest absolute Gasteiger partial charge is 0.467 e. The maximum atomic E-state index is 12.8. The van der Waals surface area contributed by atoms with Crippen LogP contribution in [0.5, 0.6) is 0 Å². The molecule has 3 heterocycles. The van der Waals surface area contributed by atoms with Gasteiger partial charge in [0.05, 0.1) is 18.8 Å². The van der Waals surface area contributed by atoms with Crippen molar-refractivity contribution in [2.75, 3.05) is 5.75 Å². The van der Waals surface area contributed by atoms with Gasteiger partial charge in [0.25, 0.3) is 0 Å².